The van der Waals surface area contributed by atoms with Crippen molar-refractivity contribution in [3.8, 4) is 0 Å². The Morgan fingerprint density at radius 2 is 1.00 bits per heavy atom. The smallest absolute Gasteiger partial charge is 0.0570 e. The summed E-state index contributed by atoms with van der Waals surface area (Å²) in [4.78, 5) is 0. The van der Waals surface area contributed by atoms with E-state index in [9.17, 15) is 0 Å². The molecule has 0 heterocycles. The molecule has 0 bridgehead atoms. The second-order valence-electron chi connectivity index (χ2n) is 4.35. The van der Waals surface area contributed by atoms with Crippen LogP contribution in [0.4, 0.5) is 0 Å². The maximum Gasteiger partial charge on any atom is 0.0570 e. The molecule has 1 aliphatic carbocycles. The van der Waals surface area contributed by atoms with Gasteiger partial charge in [-0.05, 0) is 25.7 Å². The molecule has 3 heteroatoms. The highest BCUT2D eigenvalue weighted by molar-refractivity contribution is 5.83. The van der Waals surface area contributed by atoms with E-state index >= 15 is 0 Å². The summed E-state index contributed by atoms with van der Waals surface area (Å²) in [6, 6.07) is 0. The lowest BCUT2D eigenvalue weighted by atomic mass is 10.00. The van der Waals surface area contributed by atoms with Gasteiger partial charge in [-0.15, -0.1) is 0 Å². The first-order chi connectivity index (χ1) is 6.93. The predicted molar refractivity (Wildman–Crippen MR) is 63.6 cm³/mol. The lowest BCUT2D eigenvalue weighted by Gasteiger charge is -2.07. The third kappa shape index (κ3) is 7.37. The summed E-state index contributed by atoms with van der Waals surface area (Å²) < 4.78 is 0. The van der Waals surface area contributed by atoms with Crippen LogP contribution in [0.25, 0.3) is 0 Å². The van der Waals surface area contributed by atoms with Crippen molar-refractivity contribution in [1.29, 1.82) is 0 Å². The third-order valence-corrected chi connectivity index (χ3v) is 3.07. The molecule has 0 spiro atoms. The molecule has 1 fully saturated rings. The van der Waals surface area contributed by atoms with E-state index < -0.39 is 0 Å². The van der Waals surface area contributed by atoms with Crippen molar-refractivity contribution < 1.29 is 10.7 Å². The molecule has 0 aromatic rings. The molecule has 1 aliphatic rings. The fourth-order valence-electron chi connectivity index (χ4n) is 2.12. The van der Waals surface area contributed by atoms with Gasteiger partial charge in [0.15, 0.2) is 0 Å². The highest BCUT2D eigenvalue weighted by Gasteiger charge is 2.02. The Kier molecular flexibility index (Phi) is 9.59. The van der Waals surface area contributed by atoms with Crippen LogP contribution >= 0.6 is 0 Å². The molecule has 0 radical (unpaired) electrons. The van der Waals surface area contributed by atoms with Crippen LogP contribution in [-0.4, -0.2) is 16.4 Å². The van der Waals surface area contributed by atoms with E-state index in [4.69, 9.17) is 5.21 Å². The van der Waals surface area contributed by atoms with Crippen LogP contribution in [0.3, 0.4) is 0 Å². The molecule has 0 atom stereocenters. The molecule has 1 rings (SSSR count). The second-order valence-corrected chi connectivity index (χ2v) is 4.35. The zero-order chi connectivity index (χ0) is 10.1. The Morgan fingerprint density at radius 1 is 0.667 bits per heavy atom. The fraction of sp³-hybridized carbons (Fsp3) is 0.917. The quantitative estimate of drug-likeness (QED) is 0.489. The second kappa shape index (κ2) is 9.97. The first-order valence-electron chi connectivity index (χ1n) is 6.13. The first kappa shape index (κ1) is 14.4. The fourth-order valence-corrected chi connectivity index (χ4v) is 2.12. The molecule has 0 saturated heterocycles. The Labute approximate surface area is 92.9 Å². The minimum Gasteiger partial charge on any atom is -0.412 e. The van der Waals surface area contributed by atoms with Crippen molar-refractivity contribution in [3.05, 3.63) is 0 Å². The lowest BCUT2D eigenvalue weighted by molar-refractivity contribution is 0.315. The van der Waals surface area contributed by atoms with Gasteiger partial charge in [-0.2, -0.15) is 0 Å². The molecule has 1 saturated carbocycles. The normalized spacial score (nSPS) is 20.7. The van der Waals surface area contributed by atoms with Gasteiger partial charge in [-0.25, -0.2) is 0 Å². The van der Waals surface area contributed by atoms with Crippen LogP contribution in [0.1, 0.15) is 70.6 Å². The number of hydrogen-bond donors (Lipinski definition) is 1. The summed E-state index contributed by atoms with van der Waals surface area (Å²) in [7, 11) is 0. The topological polar surface area (TPSA) is 64.1 Å². The maximum atomic E-state index is 8.78. The molecule has 15 heavy (non-hydrogen) atoms. The molecule has 0 aromatic heterocycles. The van der Waals surface area contributed by atoms with E-state index in [0.29, 0.717) is 0 Å². The average molecular weight is 215 g/mol. The first-order valence-corrected chi connectivity index (χ1v) is 6.13. The minimum atomic E-state index is 0. The van der Waals surface area contributed by atoms with Crippen molar-refractivity contribution in [2.75, 3.05) is 0 Å². The molecular formula is C12H25NO2. The van der Waals surface area contributed by atoms with E-state index in [2.05, 4.69) is 5.16 Å². The third-order valence-electron chi connectivity index (χ3n) is 3.07. The van der Waals surface area contributed by atoms with Gasteiger partial charge in [0.05, 0.1) is 5.71 Å². The Hall–Kier alpha value is -0.570. The largest absolute Gasteiger partial charge is 0.412 e. The molecule has 0 aliphatic heterocycles. The Morgan fingerprint density at radius 3 is 1.33 bits per heavy atom. The van der Waals surface area contributed by atoms with E-state index in [1.165, 1.54) is 57.8 Å². The van der Waals surface area contributed by atoms with Crippen molar-refractivity contribution in [1.82, 2.24) is 0 Å². The summed E-state index contributed by atoms with van der Waals surface area (Å²) in [5.74, 6) is 0. The van der Waals surface area contributed by atoms with Gasteiger partial charge in [0.2, 0.25) is 0 Å². The summed E-state index contributed by atoms with van der Waals surface area (Å²) in [5.41, 5.74) is 1.02. The van der Waals surface area contributed by atoms with Crippen molar-refractivity contribution in [3.63, 3.8) is 0 Å². The number of nitrogens with zero attached hydrogens (tertiary/aromatic N) is 1. The Balaban J connectivity index is 0.00000196. The monoisotopic (exact) mass is 215 g/mol. The van der Waals surface area contributed by atoms with Crippen LogP contribution in [0, 0.1) is 0 Å². The lowest BCUT2D eigenvalue weighted by Crippen LogP contribution is -1.99. The minimum absolute atomic E-state index is 0. The van der Waals surface area contributed by atoms with Crippen molar-refractivity contribution >= 4 is 5.71 Å². The molecule has 0 unspecified atom stereocenters. The molecule has 3 nitrogen and oxygen atoms in total. The molecule has 0 amide bonds. The van der Waals surface area contributed by atoms with Crippen molar-refractivity contribution in [2.45, 2.75) is 70.6 Å². The van der Waals surface area contributed by atoms with E-state index in [-0.39, 0.29) is 5.48 Å². The summed E-state index contributed by atoms with van der Waals surface area (Å²) in [6.07, 6.45) is 14.0. The molecule has 0 aromatic carbocycles. The van der Waals surface area contributed by atoms with Gasteiger partial charge < -0.3 is 10.7 Å². The molecule has 3 N–H and O–H groups in total. The average Bonchev–Trinajstić information content (AvgIpc) is 2.19. The predicted octanol–water partition coefficient (Wildman–Crippen LogP) is 3.30. The SMILES string of the molecule is O.ON=C1CCCCCCCCCCC1. The summed E-state index contributed by atoms with van der Waals surface area (Å²) in [6.45, 7) is 0. The van der Waals surface area contributed by atoms with Crippen LogP contribution in [0.5, 0.6) is 0 Å². The number of rotatable bonds is 0. The molecule has 90 valence electrons. The standard InChI is InChI=1S/C12H23NO.H2O/c14-13-12-10-8-6-4-2-1-3-5-7-9-11-12;/h14H,1-11H2;1H2. The van der Waals surface area contributed by atoms with Gasteiger partial charge in [-0.3, -0.25) is 0 Å². The molecular weight excluding hydrogens is 190 g/mol. The summed E-state index contributed by atoms with van der Waals surface area (Å²) in [5, 5.41) is 12.2. The van der Waals surface area contributed by atoms with E-state index in [1.54, 1.807) is 0 Å². The number of hydrogen-bond acceptors (Lipinski definition) is 2. The van der Waals surface area contributed by atoms with Crippen LogP contribution in [0.15, 0.2) is 5.16 Å². The summed E-state index contributed by atoms with van der Waals surface area (Å²) >= 11 is 0. The highest BCUT2D eigenvalue weighted by atomic mass is 16.4. The van der Waals surface area contributed by atoms with E-state index in [1.807, 2.05) is 0 Å². The van der Waals surface area contributed by atoms with Gasteiger partial charge in [-0.1, -0.05) is 50.1 Å². The van der Waals surface area contributed by atoms with Gasteiger partial charge in [0.1, 0.15) is 0 Å². The van der Waals surface area contributed by atoms with Crippen molar-refractivity contribution in [2.24, 2.45) is 5.16 Å². The Bertz CT molecular complexity index is 155. The zero-order valence-electron chi connectivity index (χ0n) is 9.67. The highest BCUT2D eigenvalue weighted by Crippen LogP contribution is 2.15. The van der Waals surface area contributed by atoms with Crippen LogP contribution in [0.2, 0.25) is 0 Å². The number of oxime groups is 1. The van der Waals surface area contributed by atoms with Crippen LogP contribution in [-0.2, 0) is 0 Å². The van der Waals surface area contributed by atoms with Crippen LogP contribution < -0.4 is 0 Å². The van der Waals surface area contributed by atoms with Gasteiger partial charge in [0.25, 0.3) is 0 Å². The zero-order valence-corrected chi connectivity index (χ0v) is 9.67. The van der Waals surface area contributed by atoms with Gasteiger partial charge >= 0.3 is 0 Å². The van der Waals surface area contributed by atoms with E-state index in [0.717, 1.165) is 18.6 Å². The van der Waals surface area contributed by atoms with Gasteiger partial charge in [0, 0.05) is 0 Å². The maximum absolute atomic E-state index is 8.78.